The highest BCUT2D eigenvalue weighted by molar-refractivity contribution is 14.1. The second kappa shape index (κ2) is 4.40. The maximum absolute atomic E-state index is 5.89. The second-order valence-electron chi connectivity index (χ2n) is 4.48. The molecule has 3 rings (SSSR count). The van der Waals surface area contributed by atoms with Gasteiger partial charge in [0, 0.05) is 0 Å². The molecule has 0 amide bonds. The third-order valence-electron chi connectivity index (χ3n) is 3.40. The van der Waals surface area contributed by atoms with Crippen LogP contribution in [-0.2, 0) is 0 Å². The van der Waals surface area contributed by atoms with Crippen molar-refractivity contribution in [3.63, 3.8) is 0 Å². The van der Waals surface area contributed by atoms with Gasteiger partial charge in [-0.05, 0) is 35.4 Å². The van der Waals surface area contributed by atoms with Crippen LogP contribution >= 0.6 is 22.6 Å². The van der Waals surface area contributed by atoms with E-state index in [1.165, 1.54) is 38.4 Å². The Labute approximate surface area is 113 Å². The zero-order chi connectivity index (χ0) is 11.8. The first-order valence-electron chi connectivity index (χ1n) is 5.91. The molecule has 1 saturated carbocycles. The van der Waals surface area contributed by atoms with E-state index in [1.54, 1.807) is 0 Å². The molecule has 2 aromatic heterocycles. The Morgan fingerprint density at radius 1 is 1.24 bits per heavy atom. The van der Waals surface area contributed by atoms with Crippen LogP contribution in [0.1, 0.15) is 38.1 Å². The van der Waals surface area contributed by atoms with Crippen molar-refractivity contribution in [2.24, 2.45) is 0 Å². The van der Waals surface area contributed by atoms with Gasteiger partial charge in [-0.25, -0.2) is 14.6 Å². The molecule has 0 radical (unpaired) electrons. The van der Waals surface area contributed by atoms with E-state index in [0.717, 1.165) is 14.7 Å². The van der Waals surface area contributed by atoms with E-state index < -0.39 is 0 Å². The van der Waals surface area contributed by atoms with E-state index >= 15 is 0 Å². The van der Waals surface area contributed by atoms with E-state index in [1.807, 2.05) is 4.68 Å². The molecule has 2 N–H and O–H groups in total. The van der Waals surface area contributed by atoms with Crippen molar-refractivity contribution in [3.05, 3.63) is 10.0 Å². The molecule has 6 heteroatoms. The molecule has 17 heavy (non-hydrogen) atoms. The molecule has 0 bridgehead atoms. The normalized spacial score (nSPS) is 17.7. The van der Waals surface area contributed by atoms with Gasteiger partial charge in [0.2, 0.25) is 0 Å². The molecule has 90 valence electrons. The summed E-state index contributed by atoms with van der Waals surface area (Å²) in [7, 11) is 0. The summed E-state index contributed by atoms with van der Waals surface area (Å²) in [5.41, 5.74) is 6.77. The number of aromatic nitrogens is 4. The van der Waals surface area contributed by atoms with Crippen LogP contribution in [0.25, 0.3) is 11.0 Å². The highest BCUT2D eigenvalue weighted by Gasteiger charge is 2.21. The van der Waals surface area contributed by atoms with Gasteiger partial charge < -0.3 is 5.73 Å². The molecular weight excluding hydrogens is 329 g/mol. The summed E-state index contributed by atoms with van der Waals surface area (Å²) >= 11 is 2.21. The predicted molar refractivity (Wildman–Crippen MR) is 74.6 cm³/mol. The lowest BCUT2D eigenvalue weighted by Gasteiger charge is -2.22. The Kier molecular flexibility index (Phi) is 2.89. The van der Waals surface area contributed by atoms with E-state index in [9.17, 15) is 0 Å². The number of nitrogens with two attached hydrogens (primary N) is 1. The van der Waals surface area contributed by atoms with Crippen LogP contribution in [0.2, 0.25) is 0 Å². The number of hydrogen-bond donors (Lipinski definition) is 1. The zero-order valence-electron chi connectivity index (χ0n) is 9.43. The third kappa shape index (κ3) is 1.88. The lowest BCUT2D eigenvalue weighted by atomic mass is 9.96. The van der Waals surface area contributed by atoms with Gasteiger partial charge in [0.05, 0.1) is 11.4 Å². The highest BCUT2D eigenvalue weighted by atomic mass is 127. The molecule has 0 aliphatic heterocycles. The number of fused-ring (bicyclic) bond motifs is 1. The lowest BCUT2D eigenvalue weighted by molar-refractivity contribution is 0.335. The van der Waals surface area contributed by atoms with Gasteiger partial charge in [-0.1, -0.05) is 19.3 Å². The van der Waals surface area contributed by atoms with Crippen LogP contribution in [0.5, 0.6) is 0 Å². The molecular formula is C11H14IN5. The fourth-order valence-electron chi connectivity index (χ4n) is 2.53. The van der Waals surface area contributed by atoms with Crippen LogP contribution in [-0.4, -0.2) is 19.7 Å². The maximum Gasteiger partial charge on any atom is 0.164 e. The van der Waals surface area contributed by atoms with Crippen LogP contribution in [0, 0.1) is 3.70 Å². The van der Waals surface area contributed by atoms with E-state index in [4.69, 9.17) is 5.73 Å². The fourth-order valence-corrected chi connectivity index (χ4v) is 3.28. The number of rotatable bonds is 1. The first-order chi connectivity index (χ1) is 8.27. The molecule has 1 aliphatic rings. The number of nitrogen functional groups attached to an aromatic ring is 1. The molecule has 2 aromatic rings. The van der Waals surface area contributed by atoms with Gasteiger partial charge in [-0.2, -0.15) is 5.10 Å². The van der Waals surface area contributed by atoms with Crippen molar-refractivity contribution in [2.45, 2.75) is 38.1 Å². The van der Waals surface area contributed by atoms with Crippen LogP contribution in [0.3, 0.4) is 0 Å². The third-order valence-corrected chi connectivity index (χ3v) is 4.15. The SMILES string of the molecule is Nc1ncnc2c1c(I)nn2C1CCCCC1. The van der Waals surface area contributed by atoms with Crippen molar-refractivity contribution in [3.8, 4) is 0 Å². The Morgan fingerprint density at radius 2 is 2.00 bits per heavy atom. The minimum atomic E-state index is 0.476. The number of nitrogens with zero attached hydrogens (tertiary/aromatic N) is 4. The average molecular weight is 343 g/mol. The molecule has 2 heterocycles. The van der Waals surface area contributed by atoms with Crippen molar-refractivity contribution in [1.29, 1.82) is 0 Å². The largest absolute Gasteiger partial charge is 0.383 e. The lowest BCUT2D eigenvalue weighted by Crippen LogP contribution is -2.14. The molecule has 0 saturated heterocycles. The van der Waals surface area contributed by atoms with Gasteiger partial charge >= 0.3 is 0 Å². The second-order valence-corrected chi connectivity index (χ2v) is 5.51. The number of halogens is 1. The number of anilines is 1. The van der Waals surface area contributed by atoms with Gasteiger partial charge in [0.1, 0.15) is 15.8 Å². The first kappa shape index (κ1) is 11.2. The van der Waals surface area contributed by atoms with E-state index in [-0.39, 0.29) is 0 Å². The predicted octanol–water partition coefficient (Wildman–Crippen LogP) is 2.52. The average Bonchev–Trinajstić information content (AvgIpc) is 2.69. The summed E-state index contributed by atoms with van der Waals surface area (Å²) in [4.78, 5) is 8.38. The topological polar surface area (TPSA) is 69.6 Å². The maximum atomic E-state index is 5.89. The van der Waals surface area contributed by atoms with Crippen LogP contribution in [0.15, 0.2) is 6.33 Å². The molecule has 0 spiro atoms. The zero-order valence-corrected chi connectivity index (χ0v) is 11.6. The number of hydrogen-bond acceptors (Lipinski definition) is 4. The van der Waals surface area contributed by atoms with Gasteiger partial charge in [0.15, 0.2) is 5.65 Å². The summed E-state index contributed by atoms with van der Waals surface area (Å²) in [5, 5.41) is 5.50. The summed E-state index contributed by atoms with van der Waals surface area (Å²) in [6, 6.07) is 0.476. The first-order valence-corrected chi connectivity index (χ1v) is 6.99. The Hall–Kier alpha value is -0.920. The molecule has 5 nitrogen and oxygen atoms in total. The summed E-state index contributed by atoms with van der Waals surface area (Å²) in [6.45, 7) is 0. The minimum Gasteiger partial charge on any atom is -0.383 e. The Morgan fingerprint density at radius 3 is 2.76 bits per heavy atom. The summed E-state index contributed by atoms with van der Waals surface area (Å²) in [6.07, 6.45) is 7.80. The minimum absolute atomic E-state index is 0.476. The standard InChI is InChI=1S/C11H14IN5/c12-9-8-10(13)14-6-15-11(8)17(16-9)7-4-2-1-3-5-7/h6-7H,1-5H2,(H2,13,14,15). The summed E-state index contributed by atoms with van der Waals surface area (Å²) in [5.74, 6) is 0.529. The smallest absolute Gasteiger partial charge is 0.164 e. The quantitative estimate of drug-likeness (QED) is 0.808. The molecule has 0 unspecified atom stereocenters. The molecule has 1 aliphatic carbocycles. The Balaban J connectivity index is 2.13. The van der Waals surface area contributed by atoms with Gasteiger partial charge in [-0.3, -0.25) is 0 Å². The van der Waals surface area contributed by atoms with Gasteiger partial charge in [0.25, 0.3) is 0 Å². The van der Waals surface area contributed by atoms with Crippen molar-refractivity contribution >= 4 is 39.4 Å². The highest BCUT2D eigenvalue weighted by Crippen LogP contribution is 2.32. The summed E-state index contributed by atoms with van der Waals surface area (Å²) < 4.78 is 2.95. The van der Waals surface area contributed by atoms with Crippen molar-refractivity contribution in [2.75, 3.05) is 5.73 Å². The molecule has 0 aromatic carbocycles. The fraction of sp³-hybridized carbons (Fsp3) is 0.545. The van der Waals surface area contributed by atoms with Crippen LogP contribution < -0.4 is 5.73 Å². The van der Waals surface area contributed by atoms with Crippen molar-refractivity contribution < 1.29 is 0 Å². The monoisotopic (exact) mass is 343 g/mol. The van der Waals surface area contributed by atoms with E-state index in [2.05, 4.69) is 37.7 Å². The van der Waals surface area contributed by atoms with Gasteiger partial charge in [-0.15, -0.1) is 0 Å². The van der Waals surface area contributed by atoms with E-state index in [0.29, 0.717) is 11.9 Å². The van der Waals surface area contributed by atoms with Crippen molar-refractivity contribution in [1.82, 2.24) is 19.7 Å². The molecule has 0 atom stereocenters. The molecule has 1 fully saturated rings. The van der Waals surface area contributed by atoms with Crippen LogP contribution in [0.4, 0.5) is 5.82 Å². The Bertz CT molecular complexity index is 544.